The number of rotatable bonds is 7. The van der Waals surface area contributed by atoms with Crippen molar-refractivity contribution < 1.29 is 4.79 Å². The molecule has 0 atom stereocenters. The molecule has 4 aromatic rings. The third kappa shape index (κ3) is 4.85. The first-order chi connectivity index (χ1) is 16.4. The second-order valence-corrected chi connectivity index (χ2v) is 8.42. The third-order valence-corrected chi connectivity index (χ3v) is 5.53. The largest absolute Gasteiger partial charge is 0.339 e. The second-order valence-electron chi connectivity index (χ2n) is 8.42. The number of carbonyl (C=O) groups is 1. The summed E-state index contributed by atoms with van der Waals surface area (Å²) in [6.45, 7) is 3.81. The zero-order chi connectivity index (χ0) is 23.7. The molecule has 34 heavy (non-hydrogen) atoms. The molecule has 1 aliphatic rings. The summed E-state index contributed by atoms with van der Waals surface area (Å²) >= 11 is 0. The van der Waals surface area contributed by atoms with Crippen LogP contribution in [0, 0.1) is 13.8 Å². The number of hydrogen-bond donors (Lipinski definition) is 2. The van der Waals surface area contributed by atoms with Crippen LogP contribution in [0.5, 0.6) is 0 Å². The number of amides is 1. The van der Waals surface area contributed by atoms with Crippen LogP contribution in [0.3, 0.4) is 0 Å². The van der Waals surface area contributed by atoms with Crippen LogP contribution in [0.1, 0.15) is 35.8 Å². The number of anilines is 3. The molecule has 0 unspecified atom stereocenters. The number of benzene rings is 1. The molecule has 10 nitrogen and oxygen atoms in total. The molecule has 0 saturated heterocycles. The lowest BCUT2D eigenvalue weighted by molar-refractivity contribution is -0.116. The zero-order valence-corrected chi connectivity index (χ0v) is 18.9. The Morgan fingerprint density at radius 3 is 2.41 bits per heavy atom. The molecule has 1 aromatic carbocycles. The lowest BCUT2D eigenvalue weighted by Gasteiger charge is -2.10. The van der Waals surface area contributed by atoms with Gasteiger partial charge in [-0.15, -0.1) is 10.2 Å². The van der Waals surface area contributed by atoms with Gasteiger partial charge in [-0.1, -0.05) is 0 Å². The minimum atomic E-state index is -0.297. The van der Waals surface area contributed by atoms with E-state index in [1.165, 1.54) is 17.0 Å². The van der Waals surface area contributed by atoms with Crippen molar-refractivity contribution in [3.63, 3.8) is 0 Å². The third-order valence-electron chi connectivity index (χ3n) is 5.53. The molecule has 1 saturated carbocycles. The Bertz CT molecular complexity index is 1390. The van der Waals surface area contributed by atoms with Crippen molar-refractivity contribution in [3.05, 3.63) is 82.3 Å². The number of nitrogens with one attached hydrogen (secondary N) is 2. The summed E-state index contributed by atoms with van der Waals surface area (Å²) in [5, 5.41) is 18.8. The molecule has 2 N–H and O–H groups in total. The average molecular weight is 457 g/mol. The summed E-state index contributed by atoms with van der Waals surface area (Å²) in [7, 11) is 0. The van der Waals surface area contributed by atoms with Gasteiger partial charge in [-0.25, -0.2) is 9.67 Å². The second kappa shape index (κ2) is 8.89. The van der Waals surface area contributed by atoms with Crippen LogP contribution in [-0.4, -0.2) is 35.4 Å². The highest BCUT2D eigenvalue weighted by atomic mass is 16.2. The quantitative estimate of drug-likeness (QED) is 0.438. The van der Waals surface area contributed by atoms with Crippen molar-refractivity contribution in [3.8, 4) is 5.82 Å². The SMILES string of the molecule is Cc1cc(C)n(-c2ccc(Nc3ccc(NC(=O)Cn4cnc(C5CC5)cc4=O)cc3)nn2)n1. The highest BCUT2D eigenvalue weighted by Gasteiger charge is 2.25. The molecule has 0 radical (unpaired) electrons. The molecular formula is C24H24N8O2. The molecule has 3 aromatic heterocycles. The molecular weight excluding hydrogens is 432 g/mol. The van der Waals surface area contributed by atoms with Crippen LogP contribution in [0.2, 0.25) is 0 Å². The van der Waals surface area contributed by atoms with Crippen LogP contribution in [-0.2, 0) is 11.3 Å². The van der Waals surface area contributed by atoms with Gasteiger partial charge in [0.25, 0.3) is 5.56 Å². The molecule has 10 heteroatoms. The Balaban J connectivity index is 1.18. The van der Waals surface area contributed by atoms with Gasteiger partial charge in [0.1, 0.15) is 6.54 Å². The van der Waals surface area contributed by atoms with E-state index >= 15 is 0 Å². The van der Waals surface area contributed by atoms with E-state index in [1.807, 2.05) is 44.2 Å². The van der Waals surface area contributed by atoms with Gasteiger partial charge in [-0.3, -0.25) is 14.2 Å². The first-order valence-electron chi connectivity index (χ1n) is 11.1. The average Bonchev–Trinajstić information content (AvgIpc) is 3.61. The number of aryl methyl sites for hydroxylation is 2. The summed E-state index contributed by atoms with van der Waals surface area (Å²) in [5.74, 6) is 1.33. The Morgan fingerprint density at radius 2 is 1.79 bits per heavy atom. The molecule has 3 heterocycles. The van der Waals surface area contributed by atoms with Crippen molar-refractivity contribution in [1.29, 1.82) is 0 Å². The normalized spacial score (nSPS) is 13.0. The van der Waals surface area contributed by atoms with Gasteiger partial charge in [-0.05, 0) is 69.2 Å². The van der Waals surface area contributed by atoms with Gasteiger partial charge >= 0.3 is 0 Å². The van der Waals surface area contributed by atoms with Crippen molar-refractivity contribution >= 4 is 23.1 Å². The van der Waals surface area contributed by atoms with E-state index < -0.39 is 0 Å². The van der Waals surface area contributed by atoms with E-state index in [4.69, 9.17) is 0 Å². The Kier molecular flexibility index (Phi) is 5.62. The summed E-state index contributed by atoms with van der Waals surface area (Å²) in [5.41, 5.74) is 3.93. The van der Waals surface area contributed by atoms with Crippen molar-refractivity contribution in [2.75, 3.05) is 10.6 Å². The number of carbonyl (C=O) groups excluding carboxylic acids is 1. The molecule has 0 aliphatic heterocycles. The van der Waals surface area contributed by atoms with Crippen LogP contribution in [0.4, 0.5) is 17.2 Å². The monoisotopic (exact) mass is 456 g/mol. The Morgan fingerprint density at radius 1 is 1.03 bits per heavy atom. The van der Waals surface area contributed by atoms with E-state index in [2.05, 4.69) is 30.9 Å². The van der Waals surface area contributed by atoms with E-state index in [0.717, 1.165) is 35.6 Å². The fourth-order valence-corrected chi connectivity index (χ4v) is 3.67. The van der Waals surface area contributed by atoms with Gasteiger partial charge in [0.2, 0.25) is 5.91 Å². The number of hydrogen-bond acceptors (Lipinski definition) is 7. The van der Waals surface area contributed by atoms with Crippen LogP contribution in [0.25, 0.3) is 5.82 Å². The van der Waals surface area contributed by atoms with Crippen molar-refractivity contribution in [2.45, 2.75) is 39.2 Å². The van der Waals surface area contributed by atoms with Gasteiger partial charge in [-0.2, -0.15) is 5.10 Å². The highest BCUT2D eigenvalue weighted by Crippen LogP contribution is 2.38. The standard InChI is InChI=1S/C24H24N8O2/c1-15-11-16(2)32(30-15)22-10-9-21(28-29-22)26-18-5-7-19(8-6-18)27-23(33)13-31-14-25-20(12-24(31)34)17-3-4-17/h5-12,14,17H,3-4,13H2,1-2H3,(H,26,28)(H,27,33). The first kappa shape index (κ1) is 21.5. The maximum Gasteiger partial charge on any atom is 0.254 e. The molecule has 172 valence electrons. The number of aromatic nitrogens is 6. The predicted octanol–water partition coefficient (Wildman–Crippen LogP) is 3.10. The Labute approximate surface area is 195 Å². The minimum Gasteiger partial charge on any atom is -0.339 e. The predicted molar refractivity (Wildman–Crippen MR) is 127 cm³/mol. The summed E-state index contributed by atoms with van der Waals surface area (Å²) in [6.07, 6.45) is 3.60. The molecule has 0 spiro atoms. The van der Waals surface area contributed by atoms with Gasteiger partial charge in [0, 0.05) is 29.1 Å². The molecule has 0 bridgehead atoms. The topological polar surface area (TPSA) is 120 Å². The van der Waals surface area contributed by atoms with Crippen molar-refractivity contribution in [2.24, 2.45) is 0 Å². The fraction of sp³-hybridized carbons (Fsp3) is 0.250. The van der Waals surface area contributed by atoms with E-state index in [-0.39, 0.29) is 18.0 Å². The lowest BCUT2D eigenvalue weighted by Crippen LogP contribution is -2.27. The van der Waals surface area contributed by atoms with Gasteiger partial charge in [0.15, 0.2) is 11.6 Å². The molecule has 1 amide bonds. The van der Waals surface area contributed by atoms with E-state index in [9.17, 15) is 9.59 Å². The minimum absolute atomic E-state index is 0.0893. The Hall–Kier alpha value is -4.34. The zero-order valence-electron chi connectivity index (χ0n) is 18.9. The van der Waals surface area contributed by atoms with Crippen LogP contribution in [0.15, 0.2) is 59.7 Å². The van der Waals surface area contributed by atoms with E-state index in [1.54, 1.807) is 16.8 Å². The summed E-state index contributed by atoms with van der Waals surface area (Å²) in [4.78, 5) is 28.9. The molecule has 1 aliphatic carbocycles. The number of nitrogens with zero attached hydrogens (tertiary/aromatic N) is 6. The molecule has 5 rings (SSSR count). The fourth-order valence-electron chi connectivity index (χ4n) is 3.67. The smallest absolute Gasteiger partial charge is 0.254 e. The van der Waals surface area contributed by atoms with E-state index in [0.29, 0.717) is 23.2 Å². The van der Waals surface area contributed by atoms with Gasteiger partial charge in [0.05, 0.1) is 17.7 Å². The van der Waals surface area contributed by atoms with Crippen molar-refractivity contribution in [1.82, 2.24) is 29.5 Å². The first-order valence-corrected chi connectivity index (χ1v) is 11.1. The summed E-state index contributed by atoms with van der Waals surface area (Å²) < 4.78 is 3.06. The lowest BCUT2D eigenvalue weighted by atomic mass is 10.2. The highest BCUT2D eigenvalue weighted by molar-refractivity contribution is 5.90. The summed E-state index contributed by atoms with van der Waals surface area (Å²) in [6, 6.07) is 14.4. The van der Waals surface area contributed by atoms with Crippen LogP contribution >= 0.6 is 0 Å². The van der Waals surface area contributed by atoms with Gasteiger partial charge < -0.3 is 10.6 Å². The maximum atomic E-state index is 12.4. The van der Waals surface area contributed by atoms with Crippen LogP contribution < -0.4 is 16.2 Å². The maximum absolute atomic E-state index is 12.4. The molecule has 1 fully saturated rings.